The number of carbonyl (C=O) groups is 1. The van der Waals surface area contributed by atoms with Gasteiger partial charge in [-0.25, -0.2) is 0 Å². The summed E-state index contributed by atoms with van der Waals surface area (Å²) in [5, 5.41) is 2.89. The number of fused-ring (bicyclic) bond motifs is 1. The monoisotopic (exact) mass is 207 g/mol. The van der Waals surface area contributed by atoms with Gasteiger partial charge in [0.05, 0.1) is 11.4 Å². The average molecular weight is 207 g/mol. The molecule has 1 aromatic carbocycles. The van der Waals surface area contributed by atoms with Crippen molar-refractivity contribution in [3.63, 3.8) is 0 Å². The molecule has 0 unspecified atom stereocenters. The van der Waals surface area contributed by atoms with E-state index in [0.29, 0.717) is 5.75 Å². The van der Waals surface area contributed by atoms with Gasteiger partial charge in [0.15, 0.2) is 0 Å². The van der Waals surface area contributed by atoms with Crippen LogP contribution < -0.4 is 5.32 Å². The molecule has 1 aliphatic heterocycles. The Labute approximate surface area is 88.1 Å². The molecule has 0 aliphatic carbocycles. The number of carbonyl (C=O) groups excluding carboxylic acids is 1. The van der Waals surface area contributed by atoms with E-state index in [1.807, 2.05) is 0 Å². The van der Waals surface area contributed by atoms with E-state index in [-0.39, 0.29) is 5.91 Å². The quantitative estimate of drug-likeness (QED) is 0.767. The van der Waals surface area contributed by atoms with Crippen molar-refractivity contribution in [2.24, 2.45) is 0 Å². The van der Waals surface area contributed by atoms with Crippen molar-refractivity contribution < 1.29 is 4.79 Å². The zero-order valence-electron chi connectivity index (χ0n) is 8.39. The van der Waals surface area contributed by atoms with Crippen LogP contribution in [0.4, 0.5) is 5.69 Å². The molecule has 2 rings (SSSR count). The number of rotatable bonds is 1. The summed E-state index contributed by atoms with van der Waals surface area (Å²) < 4.78 is 0. The van der Waals surface area contributed by atoms with Crippen LogP contribution in [0.25, 0.3) is 0 Å². The van der Waals surface area contributed by atoms with Crippen LogP contribution in [0, 0.1) is 6.92 Å². The zero-order chi connectivity index (χ0) is 10.1. The van der Waals surface area contributed by atoms with Crippen molar-refractivity contribution in [2.75, 3.05) is 11.1 Å². The number of aryl methyl sites for hydroxylation is 2. The standard InChI is InChI=1S/C11H13NOS/c1-3-8-5-10-9(4-7(8)2)12-11(13)6-14-10/h4-5H,3,6H2,1-2H3,(H,12,13). The molecule has 1 aliphatic rings. The van der Waals surface area contributed by atoms with Gasteiger partial charge in [0.1, 0.15) is 0 Å². The Bertz CT molecular complexity index is 387. The van der Waals surface area contributed by atoms with Gasteiger partial charge in [-0.2, -0.15) is 0 Å². The second-order valence-corrected chi connectivity index (χ2v) is 4.48. The second kappa shape index (κ2) is 3.65. The minimum absolute atomic E-state index is 0.103. The Morgan fingerprint density at radius 1 is 1.50 bits per heavy atom. The minimum atomic E-state index is 0.103. The summed E-state index contributed by atoms with van der Waals surface area (Å²) in [7, 11) is 0. The summed E-state index contributed by atoms with van der Waals surface area (Å²) in [4.78, 5) is 12.4. The van der Waals surface area contributed by atoms with E-state index in [4.69, 9.17) is 0 Å². The van der Waals surface area contributed by atoms with Gasteiger partial charge in [-0.1, -0.05) is 6.92 Å². The van der Waals surface area contributed by atoms with Crippen molar-refractivity contribution >= 4 is 23.4 Å². The third-order valence-corrected chi connectivity index (χ3v) is 3.51. The van der Waals surface area contributed by atoms with Gasteiger partial charge in [-0.05, 0) is 36.6 Å². The van der Waals surface area contributed by atoms with Crippen LogP contribution in [0.15, 0.2) is 17.0 Å². The van der Waals surface area contributed by atoms with Crippen molar-refractivity contribution in [3.05, 3.63) is 23.3 Å². The van der Waals surface area contributed by atoms with Crippen LogP contribution in [0.5, 0.6) is 0 Å². The maximum absolute atomic E-state index is 11.2. The second-order valence-electron chi connectivity index (χ2n) is 3.47. The highest BCUT2D eigenvalue weighted by molar-refractivity contribution is 8.00. The summed E-state index contributed by atoms with van der Waals surface area (Å²) >= 11 is 1.62. The molecule has 0 bridgehead atoms. The highest BCUT2D eigenvalue weighted by Gasteiger charge is 2.16. The van der Waals surface area contributed by atoms with Crippen molar-refractivity contribution in [2.45, 2.75) is 25.2 Å². The van der Waals surface area contributed by atoms with Gasteiger partial charge in [0.25, 0.3) is 0 Å². The van der Waals surface area contributed by atoms with Crippen LogP contribution in [0.1, 0.15) is 18.1 Å². The van der Waals surface area contributed by atoms with E-state index in [2.05, 4.69) is 31.3 Å². The van der Waals surface area contributed by atoms with Crippen LogP contribution in [-0.4, -0.2) is 11.7 Å². The number of hydrogen-bond donors (Lipinski definition) is 1. The molecule has 0 radical (unpaired) electrons. The fraction of sp³-hybridized carbons (Fsp3) is 0.364. The van der Waals surface area contributed by atoms with Crippen molar-refractivity contribution in [1.29, 1.82) is 0 Å². The maximum atomic E-state index is 11.2. The van der Waals surface area contributed by atoms with Gasteiger partial charge in [-0.3, -0.25) is 4.79 Å². The molecule has 1 heterocycles. The van der Waals surface area contributed by atoms with E-state index >= 15 is 0 Å². The Hall–Kier alpha value is -0.960. The Morgan fingerprint density at radius 2 is 2.29 bits per heavy atom. The molecular weight excluding hydrogens is 194 g/mol. The van der Waals surface area contributed by atoms with E-state index in [1.165, 1.54) is 16.0 Å². The molecule has 0 saturated carbocycles. The summed E-state index contributed by atoms with van der Waals surface area (Å²) in [6, 6.07) is 4.26. The Morgan fingerprint density at radius 3 is 3.00 bits per heavy atom. The molecule has 0 spiro atoms. The van der Waals surface area contributed by atoms with Gasteiger partial charge < -0.3 is 5.32 Å². The molecule has 0 aromatic heterocycles. The highest BCUT2D eigenvalue weighted by atomic mass is 32.2. The van der Waals surface area contributed by atoms with Gasteiger partial charge in [0, 0.05) is 4.90 Å². The lowest BCUT2D eigenvalue weighted by Crippen LogP contribution is -2.18. The molecule has 74 valence electrons. The predicted octanol–water partition coefficient (Wildman–Crippen LogP) is 2.60. The average Bonchev–Trinajstić information content (AvgIpc) is 2.16. The number of thioether (sulfide) groups is 1. The maximum Gasteiger partial charge on any atom is 0.234 e. The molecule has 2 nitrogen and oxygen atoms in total. The molecule has 14 heavy (non-hydrogen) atoms. The van der Waals surface area contributed by atoms with E-state index < -0.39 is 0 Å². The molecule has 1 aromatic rings. The van der Waals surface area contributed by atoms with Crippen LogP contribution in [0.3, 0.4) is 0 Å². The number of benzene rings is 1. The molecule has 3 heteroatoms. The summed E-state index contributed by atoms with van der Waals surface area (Å²) in [6.07, 6.45) is 1.05. The van der Waals surface area contributed by atoms with E-state index in [1.54, 1.807) is 11.8 Å². The van der Waals surface area contributed by atoms with Crippen LogP contribution in [0.2, 0.25) is 0 Å². The molecule has 0 fully saturated rings. The number of anilines is 1. The Balaban J connectivity index is 2.45. The smallest absolute Gasteiger partial charge is 0.234 e. The van der Waals surface area contributed by atoms with E-state index in [9.17, 15) is 4.79 Å². The first-order chi connectivity index (χ1) is 6.70. The predicted molar refractivity (Wildman–Crippen MR) is 59.9 cm³/mol. The van der Waals surface area contributed by atoms with Crippen LogP contribution >= 0.6 is 11.8 Å². The van der Waals surface area contributed by atoms with Crippen molar-refractivity contribution in [3.8, 4) is 0 Å². The largest absolute Gasteiger partial charge is 0.324 e. The van der Waals surface area contributed by atoms with Gasteiger partial charge in [-0.15, -0.1) is 11.8 Å². The summed E-state index contributed by atoms with van der Waals surface area (Å²) in [5.74, 6) is 0.644. The molecule has 1 amide bonds. The molecule has 0 saturated heterocycles. The fourth-order valence-corrected chi connectivity index (χ4v) is 2.51. The number of amides is 1. The molecule has 0 atom stereocenters. The number of hydrogen-bond acceptors (Lipinski definition) is 2. The van der Waals surface area contributed by atoms with E-state index in [0.717, 1.165) is 12.1 Å². The lowest BCUT2D eigenvalue weighted by atomic mass is 10.1. The Kier molecular flexibility index (Phi) is 2.50. The van der Waals surface area contributed by atoms with Gasteiger partial charge >= 0.3 is 0 Å². The lowest BCUT2D eigenvalue weighted by molar-refractivity contribution is -0.113. The number of nitrogens with one attached hydrogen (secondary N) is 1. The van der Waals surface area contributed by atoms with Gasteiger partial charge in [0.2, 0.25) is 5.91 Å². The first-order valence-corrected chi connectivity index (χ1v) is 5.75. The fourth-order valence-electron chi connectivity index (χ4n) is 1.66. The first-order valence-electron chi connectivity index (χ1n) is 4.77. The summed E-state index contributed by atoms with van der Waals surface area (Å²) in [6.45, 7) is 4.24. The zero-order valence-corrected chi connectivity index (χ0v) is 9.20. The topological polar surface area (TPSA) is 29.1 Å². The first kappa shape index (κ1) is 9.59. The normalized spacial score (nSPS) is 14.9. The third kappa shape index (κ3) is 1.64. The molecular formula is C11H13NOS. The van der Waals surface area contributed by atoms with Crippen LogP contribution in [-0.2, 0) is 11.2 Å². The molecule has 1 N–H and O–H groups in total. The SMILES string of the molecule is CCc1cc2c(cc1C)NC(=O)CS2. The highest BCUT2D eigenvalue weighted by Crippen LogP contribution is 2.33. The minimum Gasteiger partial charge on any atom is -0.324 e. The third-order valence-electron chi connectivity index (χ3n) is 2.45. The summed E-state index contributed by atoms with van der Waals surface area (Å²) in [5.41, 5.74) is 3.60. The lowest BCUT2D eigenvalue weighted by Gasteiger charge is -2.18. The van der Waals surface area contributed by atoms with Crippen molar-refractivity contribution in [1.82, 2.24) is 0 Å².